The van der Waals surface area contributed by atoms with Crippen LogP contribution in [0.5, 0.6) is 0 Å². The predicted octanol–water partition coefficient (Wildman–Crippen LogP) is 3.93. The summed E-state index contributed by atoms with van der Waals surface area (Å²) in [5.74, 6) is 1.16. The molecule has 0 aliphatic carbocycles. The van der Waals surface area contributed by atoms with Crippen LogP contribution in [0.25, 0.3) is 0 Å². The number of piperidine rings is 1. The Morgan fingerprint density at radius 1 is 1.29 bits per heavy atom. The number of alkyl halides is 1. The second kappa shape index (κ2) is 6.03. The minimum atomic E-state index is -0.222. The molecule has 1 aliphatic rings. The van der Waals surface area contributed by atoms with E-state index in [9.17, 15) is 4.39 Å². The normalized spacial score (nSPS) is 18.5. The van der Waals surface area contributed by atoms with Crippen LogP contribution >= 0.6 is 23.2 Å². The smallest absolute Gasteiger partial charge is 0.123 e. The van der Waals surface area contributed by atoms with Gasteiger partial charge < -0.3 is 0 Å². The predicted molar refractivity (Wildman–Crippen MR) is 70.1 cm³/mol. The van der Waals surface area contributed by atoms with E-state index in [0.717, 1.165) is 43.9 Å². The van der Waals surface area contributed by atoms with Gasteiger partial charge in [0.15, 0.2) is 0 Å². The number of hydrogen-bond acceptors (Lipinski definition) is 1. The van der Waals surface area contributed by atoms with Gasteiger partial charge >= 0.3 is 0 Å². The zero-order valence-electron chi connectivity index (χ0n) is 9.63. The fourth-order valence-electron chi connectivity index (χ4n) is 2.20. The highest BCUT2D eigenvalue weighted by Crippen LogP contribution is 2.23. The zero-order valence-corrected chi connectivity index (χ0v) is 11.1. The molecule has 94 valence electrons. The highest BCUT2D eigenvalue weighted by Gasteiger charge is 2.19. The first-order chi connectivity index (χ1) is 8.19. The van der Waals surface area contributed by atoms with Gasteiger partial charge in [-0.2, -0.15) is 0 Å². The van der Waals surface area contributed by atoms with E-state index in [1.807, 2.05) is 0 Å². The molecule has 0 saturated carbocycles. The first-order valence-corrected chi connectivity index (χ1v) is 6.82. The number of halogens is 3. The summed E-state index contributed by atoms with van der Waals surface area (Å²) in [5, 5.41) is 0.644. The highest BCUT2D eigenvalue weighted by molar-refractivity contribution is 6.31. The Morgan fingerprint density at radius 3 is 2.65 bits per heavy atom. The van der Waals surface area contributed by atoms with Crippen molar-refractivity contribution >= 4 is 23.2 Å². The highest BCUT2D eigenvalue weighted by atomic mass is 35.5. The average Bonchev–Trinajstić information content (AvgIpc) is 2.35. The first-order valence-electron chi connectivity index (χ1n) is 5.91. The maximum atomic E-state index is 13.1. The molecule has 0 atom stereocenters. The van der Waals surface area contributed by atoms with Crippen molar-refractivity contribution in [2.24, 2.45) is 5.92 Å². The topological polar surface area (TPSA) is 3.24 Å². The van der Waals surface area contributed by atoms with E-state index in [0.29, 0.717) is 10.9 Å². The van der Waals surface area contributed by atoms with Gasteiger partial charge in [-0.3, -0.25) is 4.90 Å². The summed E-state index contributed by atoms with van der Waals surface area (Å²) in [7, 11) is 0. The van der Waals surface area contributed by atoms with Crippen LogP contribution in [0.1, 0.15) is 18.4 Å². The van der Waals surface area contributed by atoms with Crippen LogP contribution in [0.3, 0.4) is 0 Å². The van der Waals surface area contributed by atoms with Gasteiger partial charge in [0.25, 0.3) is 0 Å². The quantitative estimate of drug-likeness (QED) is 0.756. The molecular formula is C13H16Cl2FN. The van der Waals surface area contributed by atoms with Crippen LogP contribution in [0, 0.1) is 11.7 Å². The molecule has 0 aromatic heterocycles. The summed E-state index contributed by atoms with van der Waals surface area (Å²) >= 11 is 11.9. The fraction of sp³-hybridized carbons (Fsp3) is 0.538. The van der Waals surface area contributed by atoms with Gasteiger partial charge in [-0.25, -0.2) is 4.39 Å². The molecule has 17 heavy (non-hydrogen) atoms. The molecule has 2 rings (SSSR count). The van der Waals surface area contributed by atoms with Crippen molar-refractivity contribution in [2.75, 3.05) is 19.0 Å². The summed E-state index contributed by atoms with van der Waals surface area (Å²) in [4.78, 5) is 2.31. The third-order valence-electron chi connectivity index (χ3n) is 3.33. The fourth-order valence-corrected chi connectivity index (χ4v) is 2.69. The molecule has 0 bridgehead atoms. The van der Waals surface area contributed by atoms with Crippen molar-refractivity contribution in [1.82, 2.24) is 4.90 Å². The Kier molecular flexibility index (Phi) is 4.66. The molecule has 0 N–H and O–H groups in total. The van der Waals surface area contributed by atoms with Crippen molar-refractivity contribution in [3.05, 3.63) is 34.6 Å². The van der Waals surface area contributed by atoms with Crippen molar-refractivity contribution in [3.8, 4) is 0 Å². The third-order valence-corrected chi connectivity index (χ3v) is 4.13. The van der Waals surface area contributed by atoms with Gasteiger partial charge in [-0.05, 0) is 55.6 Å². The molecule has 0 amide bonds. The van der Waals surface area contributed by atoms with Crippen LogP contribution in [-0.2, 0) is 6.54 Å². The molecular weight excluding hydrogens is 260 g/mol. The molecule has 1 aromatic carbocycles. The minimum Gasteiger partial charge on any atom is -0.299 e. The molecule has 1 aromatic rings. The van der Waals surface area contributed by atoms with Crippen LogP contribution in [0.4, 0.5) is 4.39 Å². The lowest BCUT2D eigenvalue weighted by Crippen LogP contribution is -2.33. The van der Waals surface area contributed by atoms with Crippen molar-refractivity contribution in [2.45, 2.75) is 19.4 Å². The maximum absolute atomic E-state index is 13.1. The molecule has 1 heterocycles. The van der Waals surface area contributed by atoms with Gasteiger partial charge in [0, 0.05) is 17.4 Å². The van der Waals surface area contributed by atoms with E-state index in [4.69, 9.17) is 23.2 Å². The lowest BCUT2D eigenvalue weighted by molar-refractivity contribution is 0.186. The van der Waals surface area contributed by atoms with E-state index in [1.165, 1.54) is 12.1 Å². The van der Waals surface area contributed by atoms with E-state index in [-0.39, 0.29) is 5.82 Å². The summed E-state index contributed by atoms with van der Waals surface area (Å²) in [6.45, 7) is 2.76. The molecule has 1 aliphatic heterocycles. The van der Waals surface area contributed by atoms with Gasteiger partial charge in [-0.1, -0.05) is 11.6 Å². The first kappa shape index (κ1) is 13.1. The second-order valence-corrected chi connectivity index (χ2v) is 5.33. The summed E-state index contributed by atoms with van der Waals surface area (Å²) < 4.78 is 13.1. The molecule has 4 heteroatoms. The Labute approximate surface area is 112 Å². The van der Waals surface area contributed by atoms with Crippen LogP contribution < -0.4 is 0 Å². The minimum absolute atomic E-state index is 0.222. The molecule has 0 radical (unpaired) electrons. The van der Waals surface area contributed by atoms with Gasteiger partial charge in [0.2, 0.25) is 0 Å². The molecule has 0 unspecified atom stereocenters. The molecule has 1 fully saturated rings. The van der Waals surface area contributed by atoms with E-state index >= 15 is 0 Å². The van der Waals surface area contributed by atoms with Gasteiger partial charge in [0.05, 0.1) is 0 Å². The maximum Gasteiger partial charge on any atom is 0.123 e. The summed E-state index contributed by atoms with van der Waals surface area (Å²) in [6, 6.07) is 4.54. The van der Waals surface area contributed by atoms with Crippen molar-refractivity contribution in [3.63, 3.8) is 0 Å². The van der Waals surface area contributed by atoms with Crippen LogP contribution in [0.15, 0.2) is 18.2 Å². The lowest BCUT2D eigenvalue weighted by atomic mass is 9.98. The van der Waals surface area contributed by atoms with E-state index in [1.54, 1.807) is 6.07 Å². The van der Waals surface area contributed by atoms with Crippen molar-refractivity contribution in [1.29, 1.82) is 0 Å². The van der Waals surface area contributed by atoms with E-state index in [2.05, 4.69) is 4.90 Å². The standard InChI is InChI=1S/C13H16Cl2FN/c14-8-10-3-5-17(6-4-10)9-11-7-12(16)1-2-13(11)15/h1-2,7,10H,3-6,8-9H2. The zero-order chi connectivity index (χ0) is 12.3. The summed E-state index contributed by atoms with van der Waals surface area (Å²) in [5.41, 5.74) is 0.871. The second-order valence-electron chi connectivity index (χ2n) is 4.61. The number of benzene rings is 1. The summed E-state index contributed by atoms with van der Waals surface area (Å²) in [6.07, 6.45) is 2.24. The monoisotopic (exact) mass is 275 g/mol. The Balaban J connectivity index is 1.95. The average molecular weight is 276 g/mol. The Hall–Kier alpha value is -0.310. The SMILES string of the molecule is Fc1ccc(Cl)c(CN2CCC(CCl)CC2)c1. The van der Waals surface area contributed by atoms with Crippen molar-refractivity contribution < 1.29 is 4.39 Å². The van der Waals surface area contributed by atoms with Gasteiger partial charge in [0.1, 0.15) is 5.82 Å². The molecule has 1 saturated heterocycles. The number of nitrogens with zero attached hydrogens (tertiary/aromatic N) is 1. The number of hydrogen-bond donors (Lipinski definition) is 0. The molecule has 0 spiro atoms. The Morgan fingerprint density at radius 2 is 2.00 bits per heavy atom. The van der Waals surface area contributed by atoms with Gasteiger partial charge in [-0.15, -0.1) is 11.6 Å². The number of rotatable bonds is 3. The third kappa shape index (κ3) is 3.57. The van der Waals surface area contributed by atoms with Crippen LogP contribution in [0.2, 0.25) is 5.02 Å². The van der Waals surface area contributed by atoms with E-state index < -0.39 is 0 Å². The molecule has 1 nitrogen and oxygen atoms in total. The number of likely N-dealkylation sites (tertiary alicyclic amines) is 1. The van der Waals surface area contributed by atoms with Crippen LogP contribution in [-0.4, -0.2) is 23.9 Å². The lowest BCUT2D eigenvalue weighted by Gasteiger charge is -2.31. The largest absolute Gasteiger partial charge is 0.299 e. The Bertz CT molecular complexity index is 376.